The monoisotopic (exact) mass is 194 g/mol. The van der Waals surface area contributed by atoms with E-state index in [9.17, 15) is 0 Å². The van der Waals surface area contributed by atoms with Crippen LogP contribution in [0, 0.1) is 0 Å². The molecule has 0 radical (unpaired) electrons. The Balaban J connectivity index is 2.46. The average Bonchev–Trinajstić information content (AvgIpc) is 2.19. The third-order valence-electron chi connectivity index (χ3n) is 1.83. The maximum Gasteiger partial charge on any atom is 0.146 e. The van der Waals surface area contributed by atoms with E-state index in [1.165, 1.54) is 6.42 Å². The zero-order valence-corrected chi connectivity index (χ0v) is 8.88. The predicted octanol–water partition coefficient (Wildman–Crippen LogP) is 2.12. The highest BCUT2D eigenvalue weighted by atomic mass is 15.1. The summed E-state index contributed by atoms with van der Waals surface area (Å²) in [6, 6.07) is 0. The number of rotatable bonds is 6. The molecule has 0 aliphatic rings. The second-order valence-electron chi connectivity index (χ2n) is 3.10. The van der Waals surface area contributed by atoms with E-state index in [1.807, 2.05) is 6.92 Å². The second-order valence-corrected chi connectivity index (χ2v) is 3.10. The summed E-state index contributed by atoms with van der Waals surface area (Å²) in [5, 5.41) is 6.36. The Morgan fingerprint density at radius 2 is 1.86 bits per heavy atom. The highest BCUT2D eigenvalue weighted by molar-refractivity contribution is 5.41. The van der Waals surface area contributed by atoms with Crippen molar-refractivity contribution in [3.05, 3.63) is 12.4 Å². The standard InChI is InChI=1S/C10H18N4/c1-3-5-6-13-10-8-11-7-9(14-10)12-4-2/h7-8H,3-6H2,1-2H3,(H2,12,13,14). The number of anilines is 2. The molecule has 0 aliphatic heterocycles. The fourth-order valence-electron chi connectivity index (χ4n) is 1.11. The maximum absolute atomic E-state index is 4.35. The topological polar surface area (TPSA) is 49.8 Å². The van der Waals surface area contributed by atoms with Crippen LogP contribution >= 0.6 is 0 Å². The molecule has 1 aromatic heterocycles. The van der Waals surface area contributed by atoms with Crippen LogP contribution in [-0.2, 0) is 0 Å². The Hall–Kier alpha value is -1.32. The molecule has 4 nitrogen and oxygen atoms in total. The van der Waals surface area contributed by atoms with Gasteiger partial charge in [-0.25, -0.2) is 4.98 Å². The van der Waals surface area contributed by atoms with Crippen molar-refractivity contribution in [1.29, 1.82) is 0 Å². The van der Waals surface area contributed by atoms with E-state index in [0.29, 0.717) is 0 Å². The summed E-state index contributed by atoms with van der Waals surface area (Å²) in [5.41, 5.74) is 0. The van der Waals surface area contributed by atoms with Gasteiger partial charge in [0.1, 0.15) is 11.6 Å². The lowest BCUT2D eigenvalue weighted by molar-refractivity contribution is 0.830. The van der Waals surface area contributed by atoms with Gasteiger partial charge in [-0.3, -0.25) is 4.98 Å². The van der Waals surface area contributed by atoms with Crippen LogP contribution in [0.3, 0.4) is 0 Å². The molecule has 1 aromatic rings. The van der Waals surface area contributed by atoms with Crippen molar-refractivity contribution in [1.82, 2.24) is 9.97 Å². The highest BCUT2D eigenvalue weighted by Gasteiger charge is 1.95. The minimum atomic E-state index is 0.828. The number of hydrogen-bond acceptors (Lipinski definition) is 4. The smallest absolute Gasteiger partial charge is 0.146 e. The zero-order chi connectivity index (χ0) is 10.2. The van der Waals surface area contributed by atoms with E-state index in [1.54, 1.807) is 12.4 Å². The van der Waals surface area contributed by atoms with Gasteiger partial charge in [0, 0.05) is 13.1 Å². The lowest BCUT2D eigenvalue weighted by atomic mass is 10.3. The summed E-state index contributed by atoms with van der Waals surface area (Å²) in [5.74, 6) is 1.67. The van der Waals surface area contributed by atoms with E-state index in [-0.39, 0.29) is 0 Å². The van der Waals surface area contributed by atoms with E-state index in [0.717, 1.165) is 31.1 Å². The molecule has 0 atom stereocenters. The molecular weight excluding hydrogens is 176 g/mol. The fraction of sp³-hybridized carbons (Fsp3) is 0.600. The first kappa shape index (κ1) is 10.8. The van der Waals surface area contributed by atoms with E-state index in [2.05, 4.69) is 27.5 Å². The summed E-state index contributed by atoms with van der Waals surface area (Å²) in [4.78, 5) is 8.44. The lowest BCUT2D eigenvalue weighted by Gasteiger charge is -2.06. The third kappa shape index (κ3) is 3.60. The van der Waals surface area contributed by atoms with Gasteiger partial charge in [0.2, 0.25) is 0 Å². The van der Waals surface area contributed by atoms with Crippen LogP contribution in [-0.4, -0.2) is 23.1 Å². The van der Waals surface area contributed by atoms with Gasteiger partial charge in [-0.15, -0.1) is 0 Å². The van der Waals surface area contributed by atoms with Crippen LogP contribution in [0.4, 0.5) is 11.6 Å². The first-order valence-corrected chi connectivity index (χ1v) is 5.16. The van der Waals surface area contributed by atoms with Crippen molar-refractivity contribution in [3.8, 4) is 0 Å². The Morgan fingerprint density at radius 3 is 2.50 bits per heavy atom. The molecule has 4 heteroatoms. The molecule has 1 rings (SSSR count). The first-order chi connectivity index (χ1) is 6.86. The molecule has 78 valence electrons. The molecule has 0 bridgehead atoms. The number of hydrogen-bond donors (Lipinski definition) is 2. The molecule has 0 saturated heterocycles. The van der Waals surface area contributed by atoms with E-state index >= 15 is 0 Å². The molecule has 2 N–H and O–H groups in total. The number of nitrogens with one attached hydrogen (secondary N) is 2. The van der Waals surface area contributed by atoms with Gasteiger partial charge in [0.15, 0.2) is 0 Å². The van der Waals surface area contributed by atoms with Gasteiger partial charge in [0.05, 0.1) is 12.4 Å². The largest absolute Gasteiger partial charge is 0.369 e. The van der Waals surface area contributed by atoms with Crippen LogP contribution < -0.4 is 10.6 Å². The van der Waals surface area contributed by atoms with Crippen molar-refractivity contribution >= 4 is 11.6 Å². The number of unbranched alkanes of at least 4 members (excludes halogenated alkanes) is 1. The summed E-state index contributed by atoms with van der Waals surface area (Å²) in [7, 11) is 0. The van der Waals surface area contributed by atoms with E-state index in [4.69, 9.17) is 0 Å². The maximum atomic E-state index is 4.35. The molecule has 0 aliphatic carbocycles. The predicted molar refractivity (Wildman–Crippen MR) is 59.6 cm³/mol. The average molecular weight is 194 g/mol. The van der Waals surface area contributed by atoms with Crippen molar-refractivity contribution < 1.29 is 0 Å². The van der Waals surface area contributed by atoms with Gasteiger partial charge in [0.25, 0.3) is 0 Å². The molecule has 14 heavy (non-hydrogen) atoms. The van der Waals surface area contributed by atoms with Crippen LogP contribution in [0.1, 0.15) is 26.7 Å². The molecular formula is C10H18N4. The normalized spacial score (nSPS) is 9.86. The highest BCUT2D eigenvalue weighted by Crippen LogP contribution is 2.06. The number of nitrogens with zero attached hydrogens (tertiary/aromatic N) is 2. The van der Waals surface area contributed by atoms with Gasteiger partial charge in [-0.2, -0.15) is 0 Å². The molecule has 0 aromatic carbocycles. The zero-order valence-electron chi connectivity index (χ0n) is 8.88. The van der Waals surface area contributed by atoms with Crippen LogP contribution in [0.5, 0.6) is 0 Å². The third-order valence-corrected chi connectivity index (χ3v) is 1.83. The quantitative estimate of drug-likeness (QED) is 0.681. The van der Waals surface area contributed by atoms with Crippen molar-refractivity contribution in [3.63, 3.8) is 0 Å². The molecule has 0 unspecified atom stereocenters. The van der Waals surface area contributed by atoms with Gasteiger partial charge in [-0.05, 0) is 13.3 Å². The Kier molecular flexibility index (Phi) is 4.75. The lowest BCUT2D eigenvalue weighted by Crippen LogP contribution is -2.06. The van der Waals surface area contributed by atoms with Gasteiger partial charge < -0.3 is 10.6 Å². The SMILES string of the molecule is CCCCNc1cncc(NCC)n1. The minimum Gasteiger partial charge on any atom is -0.369 e. The minimum absolute atomic E-state index is 0.828. The molecule has 0 amide bonds. The molecule has 0 saturated carbocycles. The summed E-state index contributed by atoms with van der Waals surface area (Å²) in [6.45, 7) is 6.04. The first-order valence-electron chi connectivity index (χ1n) is 5.16. The van der Waals surface area contributed by atoms with Gasteiger partial charge in [-0.1, -0.05) is 13.3 Å². The number of aromatic nitrogens is 2. The van der Waals surface area contributed by atoms with Crippen LogP contribution in [0.2, 0.25) is 0 Å². The van der Waals surface area contributed by atoms with Crippen molar-refractivity contribution in [2.24, 2.45) is 0 Å². The Morgan fingerprint density at radius 1 is 1.14 bits per heavy atom. The van der Waals surface area contributed by atoms with Crippen LogP contribution in [0.25, 0.3) is 0 Å². The molecule has 0 fully saturated rings. The second kappa shape index (κ2) is 6.18. The van der Waals surface area contributed by atoms with E-state index < -0.39 is 0 Å². The van der Waals surface area contributed by atoms with Gasteiger partial charge >= 0.3 is 0 Å². The molecule has 1 heterocycles. The molecule has 0 spiro atoms. The Bertz CT molecular complexity index is 262. The summed E-state index contributed by atoms with van der Waals surface area (Å²) < 4.78 is 0. The fourth-order valence-corrected chi connectivity index (χ4v) is 1.11. The summed E-state index contributed by atoms with van der Waals surface area (Å²) >= 11 is 0. The Labute approximate surface area is 85.2 Å². The summed E-state index contributed by atoms with van der Waals surface area (Å²) in [6.07, 6.45) is 5.82. The van der Waals surface area contributed by atoms with Crippen molar-refractivity contribution in [2.45, 2.75) is 26.7 Å². The van der Waals surface area contributed by atoms with Crippen molar-refractivity contribution in [2.75, 3.05) is 23.7 Å². The van der Waals surface area contributed by atoms with Crippen LogP contribution in [0.15, 0.2) is 12.4 Å².